The van der Waals surface area contributed by atoms with Crippen LogP contribution in [0.25, 0.3) is 17.2 Å². The molecule has 1 aromatic heterocycles. The predicted octanol–water partition coefficient (Wildman–Crippen LogP) is 6.56. The van der Waals surface area contributed by atoms with Gasteiger partial charge in [0.25, 0.3) is 0 Å². The van der Waals surface area contributed by atoms with Gasteiger partial charge in [0.2, 0.25) is 5.91 Å². The van der Waals surface area contributed by atoms with Crippen LogP contribution in [0.3, 0.4) is 0 Å². The number of hydrogen-bond acceptors (Lipinski definition) is 5. The number of hydrogen-bond donors (Lipinski definition) is 1. The number of carbonyl (C=O) groups excluding carboxylic acids is 2. The summed E-state index contributed by atoms with van der Waals surface area (Å²) < 4.78 is 24.3. The van der Waals surface area contributed by atoms with Gasteiger partial charge in [-0.05, 0) is 43.2 Å². The van der Waals surface area contributed by atoms with Crippen LogP contribution in [0.4, 0.5) is 9.39 Å². The Bertz CT molecular complexity index is 1120. The molecule has 0 saturated carbocycles. The van der Waals surface area contributed by atoms with Crippen molar-refractivity contribution in [1.82, 2.24) is 0 Å². The molecule has 172 valence electrons. The van der Waals surface area contributed by atoms with Crippen LogP contribution < -0.4 is 10.1 Å². The van der Waals surface area contributed by atoms with Crippen molar-refractivity contribution in [1.29, 1.82) is 0 Å². The highest BCUT2D eigenvalue weighted by Gasteiger charge is 2.22. The molecular weight excluding hydrogens is 441 g/mol. The van der Waals surface area contributed by atoms with Crippen LogP contribution in [0.1, 0.15) is 42.6 Å². The number of halogens is 1. The Balaban J connectivity index is 1.81. The fraction of sp³-hybridized carbons (Fsp3) is 0.231. The number of anilines is 1. The molecule has 0 radical (unpaired) electrons. The van der Waals surface area contributed by atoms with E-state index in [0.717, 1.165) is 18.4 Å². The van der Waals surface area contributed by atoms with E-state index in [1.165, 1.54) is 29.5 Å². The van der Waals surface area contributed by atoms with Crippen molar-refractivity contribution in [3.8, 4) is 16.9 Å². The molecule has 0 spiro atoms. The standard InChI is InChI=1S/C26H26FNO4S/c1-3-5-16-32-22-9-7-6-8-19(22)12-15-23(29)28-25-24(26(30)31-4-2)21(17-33-25)18-10-13-20(27)14-11-18/h6-15,17H,3-5,16H2,1-2H3,(H,28,29)/b15-12+. The number of thiophene rings is 1. The number of ether oxygens (including phenoxy) is 2. The van der Waals surface area contributed by atoms with E-state index in [4.69, 9.17) is 9.47 Å². The SMILES string of the molecule is CCCCOc1ccccc1/C=C/C(=O)Nc1scc(-c2ccc(F)cc2)c1C(=O)OCC. The summed E-state index contributed by atoms with van der Waals surface area (Å²) in [5.74, 6) is -0.607. The molecule has 3 rings (SSSR count). The van der Waals surface area contributed by atoms with E-state index in [9.17, 15) is 14.0 Å². The molecule has 7 heteroatoms. The monoisotopic (exact) mass is 467 g/mol. The van der Waals surface area contributed by atoms with Crippen molar-refractivity contribution >= 4 is 34.3 Å². The van der Waals surface area contributed by atoms with Gasteiger partial charge in [0.1, 0.15) is 22.1 Å². The third-order valence-corrected chi connectivity index (χ3v) is 5.65. The maximum Gasteiger partial charge on any atom is 0.341 e. The highest BCUT2D eigenvalue weighted by Crippen LogP contribution is 2.36. The molecule has 0 fully saturated rings. The quantitative estimate of drug-likeness (QED) is 0.208. The molecule has 0 aliphatic rings. The number of para-hydroxylation sites is 1. The molecule has 3 aromatic rings. The Morgan fingerprint density at radius 2 is 1.85 bits per heavy atom. The maximum absolute atomic E-state index is 13.3. The lowest BCUT2D eigenvalue weighted by Crippen LogP contribution is -2.12. The van der Waals surface area contributed by atoms with Gasteiger partial charge in [-0.2, -0.15) is 0 Å². The summed E-state index contributed by atoms with van der Waals surface area (Å²) >= 11 is 1.21. The highest BCUT2D eigenvalue weighted by molar-refractivity contribution is 7.15. The summed E-state index contributed by atoms with van der Waals surface area (Å²) in [5.41, 5.74) is 2.27. The van der Waals surface area contributed by atoms with Gasteiger partial charge in [-0.3, -0.25) is 4.79 Å². The Morgan fingerprint density at radius 1 is 1.09 bits per heavy atom. The van der Waals surface area contributed by atoms with E-state index in [0.29, 0.717) is 28.5 Å². The summed E-state index contributed by atoms with van der Waals surface area (Å²) in [5, 5.41) is 4.89. The molecule has 5 nitrogen and oxygen atoms in total. The summed E-state index contributed by atoms with van der Waals surface area (Å²) in [6.07, 6.45) is 5.05. The average Bonchev–Trinajstić information content (AvgIpc) is 3.22. The minimum Gasteiger partial charge on any atom is -0.493 e. The number of unbranched alkanes of at least 4 members (excludes halogenated alkanes) is 1. The van der Waals surface area contributed by atoms with E-state index in [2.05, 4.69) is 12.2 Å². The molecule has 1 heterocycles. The second kappa shape index (κ2) is 12.0. The van der Waals surface area contributed by atoms with Gasteiger partial charge in [0.05, 0.1) is 13.2 Å². The van der Waals surface area contributed by atoms with Crippen LogP contribution in [0.5, 0.6) is 5.75 Å². The third-order valence-electron chi connectivity index (χ3n) is 4.75. The Kier molecular flexibility index (Phi) is 8.78. The van der Waals surface area contributed by atoms with E-state index in [-0.39, 0.29) is 18.0 Å². The first-order valence-corrected chi connectivity index (χ1v) is 11.7. The van der Waals surface area contributed by atoms with Gasteiger partial charge >= 0.3 is 5.97 Å². The number of benzene rings is 2. The molecule has 0 unspecified atom stereocenters. The lowest BCUT2D eigenvalue weighted by molar-refractivity contribution is -0.111. The summed E-state index contributed by atoms with van der Waals surface area (Å²) in [6, 6.07) is 13.3. The third kappa shape index (κ3) is 6.52. The van der Waals surface area contributed by atoms with Crippen LogP contribution in [0, 0.1) is 5.82 Å². The summed E-state index contributed by atoms with van der Waals surface area (Å²) in [7, 11) is 0. The fourth-order valence-electron chi connectivity index (χ4n) is 3.09. The molecule has 33 heavy (non-hydrogen) atoms. The molecule has 0 atom stereocenters. The zero-order valence-corrected chi connectivity index (χ0v) is 19.4. The minimum absolute atomic E-state index is 0.194. The highest BCUT2D eigenvalue weighted by atomic mass is 32.1. The smallest absolute Gasteiger partial charge is 0.341 e. The van der Waals surface area contributed by atoms with E-state index < -0.39 is 11.9 Å². The molecule has 2 aromatic carbocycles. The van der Waals surface area contributed by atoms with Crippen LogP contribution in [-0.4, -0.2) is 25.1 Å². The van der Waals surface area contributed by atoms with Gasteiger partial charge in [-0.25, -0.2) is 9.18 Å². The van der Waals surface area contributed by atoms with Crippen LogP contribution >= 0.6 is 11.3 Å². The zero-order valence-electron chi connectivity index (χ0n) is 18.6. The lowest BCUT2D eigenvalue weighted by atomic mass is 10.0. The molecular formula is C26H26FNO4S. The number of nitrogens with one attached hydrogen (secondary N) is 1. The van der Waals surface area contributed by atoms with Crippen LogP contribution in [-0.2, 0) is 9.53 Å². The Hall–Kier alpha value is -3.45. The number of amides is 1. The predicted molar refractivity (Wildman–Crippen MR) is 130 cm³/mol. The van der Waals surface area contributed by atoms with E-state index in [1.54, 1.807) is 30.5 Å². The largest absolute Gasteiger partial charge is 0.493 e. The fourth-order valence-corrected chi connectivity index (χ4v) is 4.05. The normalized spacial score (nSPS) is 10.9. The van der Waals surface area contributed by atoms with Crippen molar-refractivity contribution in [3.05, 3.63) is 76.9 Å². The first-order chi connectivity index (χ1) is 16.0. The lowest BCUT2D eigenvalue weighted by Gasteiger charge is -2.09. The van der Waals surface area contributed by atoms with E-state index >= 15 is 0 Å². The van der Waals surface area contributed by atoms with Gasteiger partial charge in [0.15, 0.2) is 0 Å². The second-order valence-electron chi connectivity index (χ2n) is 7.14. The number of rotatable bonds is 10. The molecule has 0 bridgehead atoms. The first-order valence-electron chi connectivity index (χ1n) is 10.8. The topological polar surface area (TPSA) is 64.6 Å². The van der Waals surface area contributed by atoms with Crippen molar-refractivity contribution in [2.75, 3.05) is 18.5 Å². The van der Waals surface area contributed by atoms with Crippen LogP contribution in [0.2, 0.25) is 0 Å². The zero-order chi connectivity index (χ0) is 23.6. The van der Waals surface area contributed by atoms with Crippen LogP contribution in [0.15, 0.2) is 60.0 Å². The Morgan fingerprint density at radius 3 is 2.58 bits per heavy atom. The van der Waals surface area contributed by atoms with Crippen molar-refractivity contribution < 1.29 is 23.5 Å². The molecule has 0 aliphatic heterocycles. The minimum atomic E-state index is -0.549. The van der Waals surface area contributed by atoms with Gasteiger partial charge in [-0.1, -0.05) is 43.7 Å². The number of esters is 1. The molecule has 0 saturated heterocycles. The van der Waals surface area contributed by atoms with Crippen molar-refractivity contribution in [3.63, 3.8) is 0 Å². The molecule has 0 aliphatic carbocycles. The summed E-state index contributed by atoms with van der Waals surface area (Å²) in [6.45, 7) is 4.61. The molecule has 1 amide bonds. The van der Waals surface area contributed by atoms with E-state index in [1.807, 2.05) is 24.3 Å². The Labute approximate surface area is 196 Å². The van der Waals surface area contributed by atoms with Crippen molar-refractivity contribution in [2.45, 2.75) is 26.7 Å². The van der Waals surface area contributed by atoms with Gasteiger partial charge in [0, 0.05) is 22.6 Å². The van der Waals surface area contributed by atoms with Gasteiger partial charge < -0.3 is 14.8 Å². The van der Waals surface area contributed by atoms with Gasteiger partial charge in [-0.15, -0.1) is 11.3 Å². The first kappa shape index (κ1) is 24.2. The number of carbonyl (C=O) groups is 2. The molecule has 1 N–H and O–H groups in total. The summed E-state index contributed by atoms with van der Waals surface area (Å²) in [4.78, 5) is 25.3. The average molecular weight is 468 g/mol. The second-order valence-corrected chi connectivity index (χ2v) is 8.02. The maximum atomic E-state index is 13.3. The van der Waals surface area contributed by atoms with Crippen molar-refractivity contribution in [2.24, 2.45) is 0 Å².